The molecule has 1 heterocycles. The van der Waals surface area contributed by atoms with Crippen LogP contribution < -0.4 is 4.72 Å². The molecule has 20 heavy (non-hydrogen) atoms. The normalized spacial score (nSPS) is 11.8. The van der Waals surface area contributed by atoms with Gasteiger partial charge >= 0.3 is 0 Å². The molecule has 1 aromatic heterocycles. The van der Waals surface area contributed by atoms with Gasteiger partial charge in [-0.05, 0) is 12.1 Å². The fourth-order valence-electron chi connectivity index (χ4n) is 1.50. The van der Waals surface area contributed by atoms with Gasteiger partial charge in [-0.15, -0.1) is 0 Å². The Hall–Kier alpha value is -1.84. The Morgan fingerprint density at radius 2 is 2.05 bits per heavy atom. The summed E-state index contributed by atoms with van der Waals surface area (Å²) in [6, 6.07) is 3.00. The molecule has 0 bridgehead atoms. The summed E-state index contributed by atoms with van der Waals surface area (Å²) in [6.45, 7) is -1.14. The molecule has 0 aliphatic carbocycles. The van der Waals surface area contributed by atoms with E-state index in [2.05, 4.69) is 14.4 Å². The van der Waals surface area contributed by atoms with Crippen molar-refractivity contribution in [1.82, 2.24) is 9.88 Å². The number of halogens is 2. The Kier molecular flexibility index (Phi) is 4.12. The highest BCUT2D eigenvalue weighted by Crippen LogP contribution is 2.21. The van der Waals surface area contributed by atoms with E-state index in [0.29, 0.717) is 5.69 Å². The average molecular weight is 304 g/mol. The number of rotatable bonds is 5. The van der Waals surface area contributed by atoms with Gasteiger partial charge < -0.3 is 9.63 Å². The van der Waals surface area contributed by atoms with E-state index in [1.165, 1.54) is 12.3 Å². The molecule has 0 spiro atoms. The van der Waals surface area contributed by atoms with E-state index < -0.39 is 38.7 Å². The van der Waals surface area contributed by atoms with Gasteiger partial charge in [0.2, 0.25) is 10.0 Å². The summed E-state index contributed by atoms with van der Waals surface area (Å²) in [5.41, 5.74) is -0.396. The van der Waals surface area contributed by atoms with Crippen LogP contribution >= 0.6 is 0 Å². The number of hydrogen-bond acceptors (Lipinski definition) is 5. The maximum absolute atomic E-state index is 13.8. The predicted octanol–water partition coefficient (Wildman–Crippen LogP) is 0.924. The molecule has 0 unspecified atom stereocenters. The number of aromatic nitrogens is 1. The molecule has 108 valence electrons. The Morgan fingerprint density at radius 3 is 2.65 bits per heavy atom. The van der Waals surface area contributed by atoms with Gasteiger partial charge in [-0.2, -0.15) is 0 Å². The summed E-state index contributed by atoms with van der Waals surface area (Å²) in [5.74, 6) is -2.33. The molecule has 0 fully saturated rings. The van der Waals surface area contributed by atoms with Crippen molar-refractivity contribution >= 4 is 10.0 Å². The molecule has 2 N–H and O–H groups in total. The topological polar surface area (TPSA) is 92.4 Å². The van der Waals surface area contributed by atoms with Crippen molar-refractivity contribution < 1.29 is 26.8 Å². The van der Waals surface area contributed by atoms with Crippen LogP contribution in [0.5, 0.6) is 0 Å². The third-order valence-corrected chi connectivity index (χ3v) is 3.95. The first-order chi connectivity index (χ1) is 9.45. The van der Waals surface area contributed by atoms with Crippen molar-refractivity contribution in [2.75, 3.05) is 0 Å². The van der Waals surface area contributed by atoms with Gasteiger partial charge in [0.15, 0.2) is 5.82 Å². The lowest BCUT2D eigenvalue weighted by molar-refractivity contribution is 0.267. The number of hydrogen-bond donors (Lipinski definition) is 2. The third kappa shape index (κ3) is 2.84. The van der Waals surface area contributed by atoms with Crippen LogP contribution in [0, 0.1) is 11.6 Å². The highest BCUT2D eigenvalue weighted by atomic mass is 32.2. The lowest BCUT2D eigenvalue weighted by atomic mass is 10.2. The number of aliphatic hydroxyl groups excluding tert-OH is 1. The van der Waals surface area contributed by atoms with Gasteiger partial charge in [0.25, 0.3) is 0 Å². The predicted molar refractivity (Wildman–Crippen MR) is 62.8 cm³/mol. The maximum Gasteiger partial charge on any atom is 0.243 e. The van der Waals surface area contributed by atoms with Crippen molar-refractivity contribution in [2.45, 2.75) is 18.0 Å². The second-order valence-corrected chi connectivity index (χ2v) is 5.55. The van der Waals surface area contributed by atoms with Crippen molar-refractivity contribution in [3.05, 3.63) is 47.4 Å². The quantitative estimate of drug-likeness (QED) is 0.857. The van der Waals surface area contributed by atoms with Crippen LogP contribution in [0.25, 0.3) is 0 Å². The van der Waals surface area contributed by atoms with Gasteiger partial charge in [0, 0.05) is 6.07 Å². The Bertz CT molecular complexity index is 701. The summed E-state index contributed by atoms with van der Waals surface area (Å²) in [4.78, 5) is -0.744. The van der Waals surface area contributed by atoms with E-state index >= 15 is 0 Å². The molecule has 9 heteroatoms. The van der Waals surface area contributed by atoms with Crippen LogP contribution in [0.2, 0.25) is 0 Å². The molecule has 6 nitrogen and oxygen atoms in total. The minimum Gasteiger partial charge on any atom is -0.391 e. The number of nitrogens with zero attached hydrogens (tertiary/aromatic N) is 1. The monoisotopic (exact) mass is 304 g/mol. The van der Waals surface area contributed by atoms with Crippen LogP contribution in [0.15, 0.2) is 33.9 Å². The van der Waals surface area contributed by atoms with E-state index in [4.69, 9.17) is 5.11 Å². The fraction of sp³-hybridized carbons (Fsp3) is 0.182. The number of aliphatic hydroxyl groups is 1. The number of sulfonamides is 1. The SMILES string of the molecule is O=S(=O)(NCc1ccon1)c1ccc(F)c(CO)c1F. The van der Waals surface area contributed by atoms with E-state index in [9.17, 15) is 17.2 Å². The molecule has 0 saturated heterocycles. The second kappa shape index (κ2) is 5.65. The number of benzene rings is 1. The maximum atomic E-state index is 13.8. The van der Waals surface area contributed by atoms with Crippen molar-refractivity contribution in [3.8, 4) is 0 Å². The molecule has 0 saturated carbocycles. The molecule has 0 atom stereocenters. The first-order valence-electron chi connectivity index (χ1n) is 5.42. The summed E-state index contributed by atoms with van der Waals surface area (Å²) >= 11 is 0. The zero-order chi connectivity index (χ0) is 14.8. The molecule has 0 radical (unpaired) electrons. The second-order valence-electron chi connectivity index (χ2n) is 3.81. The standard InChI is InChI=1S/C11H10F2N2O4S/c12-9-1-2-10(11(13)8(9)6-16)20(17,18)14-5-7-3-4-19-15-7/h1-4,14,16H,5-6H2. The van der Waals surface area contributed by atoms with Gasteiger partial charge in [-0.3, -0.25) is 0 Å². The van der Waals surface area contributed by atoms with Crippen LogP contribution in [0.4, 0.5) is 8.78 Å². The van der Waals surface area contributed by atoms with E-state index in [1.807, 2.05) is 0 Å². The molecule has 1 aromatic carbocycles. The van der Waals surface area contributed by atoms with Crippen LogP contribution in [0.1, 0.15) is 11.3 Å². The molecule has 0 aliphatic rings. The highest BCUT2D eigenvalue weighted by molar-refractivity contribution is 7.89. The molecule has 2 rings (SSSR count). The van der Waals surface area contributed by atoms with Gasteiger partial charge in [0.1, 0.15) is 17.0 Å². The molecular formula is C11H10F2N2O4S. The zero-order valence-corrected chi connectivity index (χ0v) is 10.8. The van der Waals surface area contributed by atoms with Gasteiger partial charge in [0.05, 0.1) is 24.4 Å². The van der Waals surface area contributed by atoms with Crippen LogP contribution in [-0.4, -0.2) is 18.7 Å². The van der Waals surface area contributed by atoms with E-state index in [0.717, 1.165) is 12.1 Å². The minimum atomic E-state index is -4.20. The Balaban J connectivity index is 2.30. The van der Waals surface area contributed by atoms with Crippen molar-refractivity contribution in [1.29, 1.82) is 0 Å². The lowest BCUT2D eigenvalue weighted by Gasteiger charge is -2.09. The third-order valence-electron chi connectivity index (χ3n) is 2.53. The van der Waals surface area contributed by atoms with Crippen molar-refractivity contribution in [3.63, 3.8) is 0 Å². The Morgan fingerprint density at radius 1 is 1.30 bits per heavy atom. The summed E-state index contributed by atoms with van der Waals surface area (Å²) in [6.07, 6.45) is 1.26. The van der Waals surface area contributed by atoms with Gasteiger partial charge in [-0.25, -0.2) is 21.9 Å². The minimum absolute atomic E-state index is 0.204. The Labute approximate surface area is 113 Å². The highest BCUT2D eigenvalue weighted by Gasteiger charge is 2.23. The zero-order valence-electron chi connectivity index (χ0n) is 10.0. The lowest BCUT2D eigenvalue weighted by Crippen LogP contribution is -2.25. The van der Waals surface area contributed by atoms with Gasteiger partial charge in [-0.1, -0.05) is 5.16 Å². The first-order valence-corrected chi connectivity index (χ1v) is 6.90. The van der Waals surface area contributed by atoms with Crippen LogP contribution in [-0.2, 0) is 23.2 Å². The fourth-order valence-corrected chi connectivity index (χ4v) is 2.60. The largest absolute Gasteiger partial charge is 0.391 e. The molecule has 0 amide bonds. The molecule has 0 aliphatic heterocycles. The molecule has 2 aromatic rings. The average Bonchev–Trinajstić information content (AvgIpc) is 2.90. The summed E-state index contributed by atoms with van der Waals surface area (Å²) < 4.78 is 57.5. The van der Waals surface area contributed by atoms with Crippen LogP contribution in [0.3, 0.4) is 0 Å². The van der Waals surface area contributed by atoms with Crippen molar-refractivity contribution in [2.24, 2.45) is 0 Å². The van der Waals surface area contributed by atoms with E-state index in [-0.39, 0.29) is 6.54 Å². The first kappa shape index (κ1) is 14.6. The van der Waals surface area contributed by atoms with E-state index in [1.54, 1.807) is 0 Å². The smallest absolute Gasteiger partial charge is 0.243 e. The summed E-state index contributed by atoms with van der Waals surface area (Å²) in [7, 11) is -4.20. The molecular weight excluding hydrogens is 294 g/mol. The number of nitrogens with one attached hydrogen (secondary N) is 1. The summed E-state index contributed by atoms with van der Waals surface area (Å²) in [5, 5.41) is 12.3.